The zero-order valence-corrected chi connectivity index (χ0v) is 12.9. The maximum atomic E-state index is 12.1. The Kier molecular flexibility index (Phi) is 4.98. The number of thiophene rings is 1. The predicted molar refractivity (Wildman–Crippen MR) is 76.5 cm³/mol. The number of hydrogen-bond donors (Lipinski definition) is 2. The van der Waals surface area contributed by atoms with Crippen LogP contribution in [0, 0.1) is 11.3 Å². The number of aliphatic carboxylic acids is 1. The van der Waals surface area contributed by atoms with Crippen LogP contribution < -0.4 is 5.32 Å². The second-order valence-electron chi connectivity index (χ2n) is 5.51. The lowest BCUT2D eigenvalue weighted by Crippen LogP contribution is -2.43. The Labute approximate surface area is 121 Å². The third kappa shape index (κ3) is 4.21. The molecule has 0 aliphatic carbocycles. The first-order valence-electron chi connectivity index (χ1n) is 5.91. The van der Waals surface area contributed by atoms with Crippen LogP contribution in [0.1, 0.15) is 38.6 Å². The van der Waals surface area contributed by atoms with Crippen molar-refractivity contribution in [2.75, 3.05) is 0 Å². The monoisotopic (exact) mass is 303 g/mol. The second-order valence-corrected chi connectivity index (χ2v) is 7.26. The third-order valence-corrected chi connectivity index (χ3v) is 4.17. The largest absolute Gasteiger partial charge is 0.481 e. The van der Waals surface area contributed by atoms with Gasteiger partial charge in [0, 0.05) is 4.88 Å². The number of carboxylic acid groups (broad SMARTS) is 1. The minimum Gasteiger partial charge on any atom is -0.481 e. The lowest BCUT2D eigenvalue weighted by molar-refractivity contribution is -0.151. The summed E-state index contributed by atoms with van der Waals surface area (Å²) < 4.78 is 0.640. The Morgan fingerprint density at radius 3 is 2.32 bits per heavy atom. The highest BCUT2D eigenvalue weighted by atomic mass is 35.5. The quantitative estimate of drug-likeness (QED) is 0.839. The van der Waals surface area contributed by atoms with Crippen LogP contribution >= 0.6 is 22.9 Å². The maximum absolute atomic E-state index is 12.1. The maximum Gasteiger partial charge on any atom is 0.316 e. The summed E-state index contributed by atoms with van der Waals surface area (Å²) in [5, 5.41) is 11.9. The molecule has 1 heterocycles. The Bertz CT molecular complexity index is 478. The fourth-order valence-corrected chi connectivity index (χ4v) is 2.87. The van der Waals surface area contributed by atoms with Crippen LogP contribution in [0.4, 0.5) is 0 Å². The number of nitrogens with one attached hydrogen (secondary N) is 1. The predicted octanol–water partition coefficient (Wildman–Crippen LogP) is 3.33. The van der Waals surface area contributed by atoms with Crippen molar-refractivity contribution < 1.29 is 14.7 Å². The molecule has 1 amide bonds. The number of carboxylic acids is 1. The molecule has 0 saturated heterocycles. The van der Waals surface area contributed by atoms with Crippen molar-refractivity contribution in [1.29, 1.82) is 0 Å². The molecular formula is C13H18ClNO3S. The van der Waals surface area contributed by atoms with Gasteiger partial charge in [0.05, 0.1) is 10.4 Å². The van der Waals surface area contributed by atoms with Gasteiger partial charge in [0.25, 0.3) is 0 Å². The lowest BCUT2D eigenvalue weighted by Gasteiger charge is -2.27. The summed E-state index contributed by atoms with van der Waals surface area (Å²) in [6.07, 6.45) is 0. The fraction of sp³-hybridized carbons (Fsp3) is 0.538. The van der Waals surface area contributed by atoms with E-state index in [-0.39, 0.29) is 6.04 Å². The average molecular weight is 304 g/mol. The Morgan fingerprint density at radius 1 is 1.37 bits per heavy atom. The van der Waals surface area contributed by atoms with E-state index >= 15 is 0 Å². The van der Waals surface area contributed by atoms with E-state index in [2.05, 4.69) is 5.32 Å². The zero-order chi connectivity index (χ0) is 14.8. The van der Waals surface area contributed by atoms with E-state index in [1.807, 2.05) is 13.0 Å². The molecule has 6 heteroatoms. The van der Waals surface area contributed by atoms with E-state index in [9.17, 15) is 14.7 Å². The molecule has 2 N–H and O–H groups in total. The van der Waals surface area contributed by atoms with Gasteiger partial charge in [0.1, 0.15) is 5.92 Å². The standard InChI is InChI=1S/C13H18ClNO3S/c1-7(8-5-6-9(14)19-8)15-11(16)10(12(17)18)13(2,3)4/h5-7,10H,1-4H3,(H,15,16)(H,17,18). The SMILES string of the molecule is CC(NC(=O)C(C(=O)O)C(C)(C)C)c1ccc(Cl)s1. The van der Waals surface area contributed by atoms with E-state index < -0.39 is 23.2 Å². The highest BCUT2D eigenvalue weighted by Gasteiger charge is 2.38. The van der Waals surface area contributed by atoms with Gasteiger partial charge in [-0.25, -0.2) is 0 Å². The normalized spacial score (nSPS) is 14.8. The molecule has 0 radical (unpaired) electrons. The average Bonchev–Trinajstić information content (AvgIpc) is 2.61. The van der Waals surface area contributed by atoms with Crippen LogP contribution in [0.15, 0.2) is 12.1 Å². The molecule has 0 fully saturated rings. The van der Waals surface area contributed by atoms with Crippen LogP contribution in [-0.2, 0) is 9.59 Å². The van der Waals surface area contributed by atoms with Crippen molar-refractivity contribution in [1.82, 2.24) is 5.32 Å². The summed E-state index contributed by atoms with van der Waals surface area (Å²) in [6.45, 7) is 7.01. The van der Waals surface area contributed by atoms with Gasteiger partial charge in [-0.3, -0.25) is 9.59 Å². The van der Waals surface area contributed by atoms with E-state index in [0.29, 0.717) is 4.34 Å². The van der Waals surface area contributed by atoms with Crippen LogP contribution in [0.3, 0.4) is 0 Å². The minimum absolute atomic E-state index is 0.255. The number of rotatable bonds is 4. The number of halogens is 1. The van der Waals surface area contributed by atoms with Gasteiger partial charge >= 0.3 is 5.97 Å². The van der Waals surface area contributed by atoms with Crippen LogP contribution in [0.2, 0.25) is 4.34 Å². The van der Waals surface area contributed by atoms with Crippen molar-refractivity contribution in [3.8, 4) is 0 Å². The summed E-state index contributed by atoms with van der Waals surface area (Å²) in [7, 11) is 0. The summed E-state index contributed by atoms with van der Waals surface area (Å²) >= 11 is 7.21. The van der Waals surface area contributed by atoms with Gasteiger partial charge in [0.2, 0.25) is 5.91 Å². The minimum atomic E-state index is -1.11. The highest BCUT2D eigenvalue weighted by Crippen LogP contribution is 2.29. The van der Waals surface area contributed by atoms with E-state index in [1.54, 1.807) is 26.8 Å². The molecule has 2 atom stereocenters. The Balaban J connectivity index is 2.80. The molecule has 1 rings (SSSR count). The summed E-state index contributed by atoms with van der Waals surface area (Å²) in [6, 6.07) is 3.32. The number of hydrogen-bond acceptors (Lipinski definition) is 3. The number of carbonyl (C=O) groups is 2. The third-order valence-electron chi connectivity index (χ3n) is 2.75. The van der Waals surface area contributed by atoms with Gasteiger partial charge in [-0.05, 0) is 24.5 Å². The zero-order valence-electron chi connectivity index (χ0n) is 11.4. The lowest BCUT2D eigenvalue weighted by atomic mass is 9.80. The summed E-state index contributed by atoms with van der Waals surface area (Å²) in [5.41, 5.74) is -0.636. The Morgan fingerprint density at radius 2 is 1.95 bits per heavy atom. The van der Waals surface area contributed by atoms with Gasteiger partial charge in [-0.15, -0.1) is 11.3 Å². The number of carbonyl (C=O) groups excluding carboxylic acids is 1. The highest BCUT2D eigenvalue weighted by molar-refractivity contribution is 7.16. The van der Waals surface area contributed by atoms with Crippen molar-refractivity contribution in [3.63, 3.8) is 0 Å². The molecule has 0 aliphatic heterocycles. The van der Waals surface area contributed by atoms with Gasteiger partial charge in [-0.2, -0.15) is 0 Å². The van der Waals surface area contributed by atoms with E-state index in [1.165, 1.54) is 11.3 Å². The van der Waals surface area contributed by atoms with E-state index in [4.69, 9.17) is 11.6 Å². The van der Waals surface area contributed by atoms with Crippen LogP contribution in [0.5, 0.6) is 0 Å². The second kappa shape index (κ2) is 5.92. The smallest absolute Gasteiger partial charge is 0.316 e. The van der Waals surface area contributed by atoms with Crippen molar-refractivity contribution in [2.24, 2.45) is 11.3 Å². The molecule has 0 spiro atoms. The molecule has 0 saturated carbocycles. The molecule has 4 nitrogen and oxygen atoms in total. The van der Waals surface area contributed by atoms with E-state index in [0.717, 1.165) is 4.88 Å². The van der Waals surface area contributed by atoms with Crippen molar-refractivity contribution >= 4 is 34.8 Å². The molecule has 19 heavy (non-hydrogen) atoms. The Hall–Kier alpha value is -1.07. The first-order chi connectivity index (χ1) is 8.62. The molecule has 1 aromatic heterocycles. The molecule has 0 aromatic carbocycles. The summed E-state index contributed by atoms with van der Waals surface area (Å²) in [5.74, 6) is -2.66. The van der Waals surface area contributed by atoms with Gasteiger partial charge in [0.15, 0.2) is 0 Å². The first kappa shape index (κ1) is 16.0. The van der Waals surface area contributed by atoms with Gasteiger partial charge < -0.3 is 10.4 Å². The van der Waals surface area contributed by atoms with Crippen LogP contribution in [-0.4, -0.2) is 17.0 Å². The van der Waals surface area contributed by atoms with Crippen molar-refractivity contribution in [2.45, 2.75) is 33.7 Å². The summed E-state index contributed by atoms with van der Waals surface area (Å²) in [4.78, 5) is 24.2. The number of amides is 1. The molecule has 1 aromatic rings. The van der Waals surface area contributed by atoms with Gasteiger partial charge in [-0.1, -0.05) is 32.4 Å². The molecular weight excluding hydrogens is 286 g/mol. The molecule has 0 aliphatic rings. The first-order valence-corrected chi connectivity index (χ1v) is 7.10. The van der Waals surface area contributed by atoms with Crippen molar-refractivity contribution in [3.05, 3.63) is 21.3 Å². The molecule has 0 bridgehead atoms. The molecule has 106 valence electrons. The fourth-order valence-electron chi connectivity index (χ4n) is 1.80. The van der Waals surface area contributed by atoms with Crippen LogP contribution in [0.25, 0.3) is 0 Å². The molecule has 2 unspecified atom stereocenters. The topological polar surface area (TPSA) is 66.4 Å².